The highest BCUT2D eigenvalue weighted by atomic mass is 16.5. The highest BCUT2D eigenvalue weighted by Crippen LogP contribution is 2.28. The Balaban J connectivity index is 1.90. The predicted molar refractivity (Wildman–Crippen MR) is 53.4 cm³/mol. The van der Waals surface area contributed by atoms with Gasteiger partial charge in [-0.15, -0.1) is 0 Å². The van der Waals surface area contributed by atoms with E-state index >= 15 is 0 Å². The molecule has 0 heterocycles. The SMILES string of the molecule is O=C(O)COCC(=O)NCCC1CCC1. The van der Waals surface area contributed by atoms with Gasteiger partial charge in [0.15, 0.2) is 0 Å². The first-order chi connectivity index (χ1) is 7.18. The summed E-state index contributed by atoms with van der Waals surface area (Å²) >= 11 is 0. The van der Waals surface area contributed by atoms with Gasteiger partial charge < -0.3 is 15.2 Å². The average molecular weight is 215 g/mol. The van der Waals surface area contributed by atoms with Gasteiger partial charge in [-0.05, 0) is 12.3 Å². The molecule has 0 saturated heterocycles. The molecule has 1 amide bonds. The number of carbonyl (C=O) groups is 2. The van der Waals surface area contributed by atoms with Gasteiger partial charge in [0.1, 0.15) is 13.2 Å². The Bertz CT molecular complexity index is 225. The van der Waals surface area contributed by atoms with Crippen molar-refractivity contribution >= 4 is 11.9 Å². The van der Waals surface area contributed by atoms with Crippen LogP contribution in [0.15, 0.2) is 0 Å². The molecule has 0 aromatic carbocycles. The lowest BCUT2D eigenvalue weighted by molar-refractivity contribution is -0.143. The molecule has 0 spiro atoms. The van der Waals surface area contributed by atoms with Crippen LogP contribution in [0.4, 0.5) is 0 Å². The van der Waals surface area contributed by atoms with Crippen LogP contribution < -0.4 is 5.32 Å². The van der Waals surface area contributed by atoms with Crippen LogP contribution in [0.2, 0.25) is 0 Å². The fourth-order valence-electron chi connectivity index (χ4n) is 1.48. The second-order valence-electron chi connectivity index (χ2n) is 3.82. The molecule has 0 unspecified atom stereocenters. The molecule has 1 aliphatic rings. The summed E-state index contributed by atoms with van der Waals surface area (Å²) < 4.78 is 4.64. The Hall–Kier alpha value is -1.10. The van der Waals surface area contributed by atoms with E-state index in [9.17, 15) is 9.59 Å². The highest BCUT2D eigenvalue weighted by Gasteiger charge is 2.16. The van der Waals surface area contributed by atoms with Crippen LogP contribution in [0.5, 0.6) is 0 Å². The molecule has 1 saturated carbocycles. The maximum Gasteiger partial charge on any atom is 0.329 e. The zero-order valence-electron chi connectivity index (χ0n) is 8.70. The molecule has 2 N–H and O–H groups in total. The number of hydrogen-bond donors (Lipinski definition) is 2. The third kappa shape index (κ3) is 5.37. The molecule has 0 radical (unpaired) electrons. The van der Waals surface area contributed by atoms with E-state index in [0.29, 0.717) is 6.54 Å². The van der Waals surface area contributed by atoms with Crippen LogP contribution in [0, 0.1) is 5.92 Å². The molecule has 86 valence electrons. The van der Waals surface area contributed by atoms with Gasteiger partial charge in [0.25, 0.3) is 0 Å². The fourth-order valence-corrected chi connectivity index (χ4v) is 1.48. The summed E-state index contributed by atoms with van der Waals surface area (Å²) in [5, 5.41) is 11.0. The minimum Gasteiger partial charge on any atom is -0.480 e. The van der Waals surface area contributed by atoms with E-state index < -0.39 is 12.6 Å². The number of amides is 1. The summed E-state index contributed by atoms with van der Waals surface area (Å²) in [5.74, 6) is -0.530. The van der Waals surface area contributed by atoms with Crippen LogP contribution in [0.3, 0.4) is 0 Å². The van der Waals surface area contributed by atoms with Gasteiger partial charge in [0.05, 0.1) is 0 Å². The molecule has 1 aliphatic carbocycles. The standard InChI is InChI=1S/C10H17NO4/c12-9(6-15-7-10(13)14)11-5-4-8-2-1-3-8/h8H,1-7H2,(H,11,12)(H,13,14). The van der Waals surface area contributed by atoms with E-state index in [1.54, 1.807) is 0 Å². The predicted octanol–water partition coefficient (Wildman–Crippen LogP) is 0.394. The van der Waals surface area contributed by atoms with Crippen molar-refractivity contribution in [3.63, 3.8) is 0 Å². The normalized spacial score (nSPS) is 15.7. The summed E-state index contributed by atoms with van der Waals surface area (Å²) in [4.78, 5) is 21.2. The second kappa shape index (κ2) is 6.40. The molecule has 5 nitrogen and oxygen atoms in total. The molecule has 1 fully saturated rings. The third-order valence-corrected chi connectivity index (χ3v) is 2.56. The van der Waals surface area contributed by atoms with Crippen molar-refractivity contribution in [3.8, 4) is 0 Å². The summed E-state index contributed by atoms with van der Waals surface area (Å²) in [6, 6.07) is 0. The summed E-state index contributed by atoms with van der Waals surface area (Å²) in [5.41, 5.74) is 0. The Labute approximate surface area is 88.8 Å². The van der Waals surface area contributed by atoms with Gasteiger partial charge in [-0.25, -0.2) is 4.79 Å². The van der Waals surface area contributed by atoms with Gasteiger partial charge >= 0.3 is 5.97 Å². The molecule has 0 aromatic heterocycles. The molecule has 0 atom stereocenters. The Morgan fingerprint density at radius 3 is 2.60 bits per heavy atom. The Morgan fingerprint density at radius 2 is 2.07 bits per heavy atom. The van der Waals surface area contributed by atoms with Gasteiger partial charge in [-0.1, -0.05) is 19.3 Å². The monoisotopic (exact) mass is 215 g/mol. The molecule has 15 heavy (non-hydrogen) atoms. The maximum atomic E-state index is 11.1. The van der Waals surface area contributed by atoms with E-state index in [1.165, 1.54) is 19.3 Å². The lowest BCUT2D eigenvalue weighted by Crippen LogP contribution is -2.31. The summed E-state index contributed by atoms with van der Waals surface area (Å²) in [6.45, 7) is 0.0763. The second-order valence-corrected chi connectivity index (χ2v) is 3.82. The van der Waals surface area contributed by atoms with Gasteiger partial charge in [0, 0.05) is 6.54 Å². The lowest BCUT2D eigenvalue weighted by Gasteiger charge is -2.25. The van der Waals surface area contributed by atoms with Crippen molar-refractivity contribution in [3.05, 3.63) is 0 Å². The maximum absolute atomic E-state index is 11.1. The van der Waals surface area contributed by atoms with Crippen molar-refractivity contribution in [2.75, 3.05) is 19.8 Å². The zero-order valence-corrected chi connectivity index (χ0v) is 8.70. The van der Waals surface area contributed by atoms with Crippen molar-refractivity contribution < 1.29 is 19.4 Å². The molecular formula is C10H17NO4. The molecule has 1 rings (SSSR count). The molecule has 0 aromatic rings. The molecule has 0 aliphatic heterocycles. The van der Waals surface area contributed by atoms with Crippen molar-refractivity contribution in [2.45, 2.75) is 25.7 Å². The average Bonchev–Trinajstić information content (AvgIpc) is 2.08. The van der Waals surface area contributed by atoms with E-state index in [-0.39, 0.29) is 12.5 Å². The van der Waals surface area contributed by atoms with Crippen LogP contribution in [-0.2, 0) is 14.3 Å². The first-order valence-corrected chi connectivity index (χ1v) is 5.24. The number of carboxylic acids is 1. The van der Waals surface area contributed by atoms with Crippen LogP contribution in [0.25, 0.3) is 0 Å². The Morgan fingerprint density at radius 1 is 1.33 bits per heavy atom. The number of carboxylic acid groups (broad SMARTS) is 1. The number of rotatable bonds is 7. The Kier molecular flexibility index (Phi) is 5.10. The quantitative estimate of drug-likeness (QED) is 0.644. The van der Waals surface area contributed by atoms with Crippen LogP contribution in [0.1, 0.15) is 25.7 Å². The van der Waals surface area contributed by atoms with Crippen molar-refractivity contribution in [2.24, 2.45) is 5.92 Å². The molecule has 0 bridgehead atoms. The highest BCUT2D eigenvalue weighted by molar-refractivity contribution is 5.77. The van der Waals surface area contributed by atoms with E-state index in [4.69, 9.17) is 5.11 Å². The third-order valence-electron chi connectivity index (χ3n) is 2.56. The van der Waals surface area contributed by atoms with Crippen LogP contribution >= 0.6 is 0 Å². The van der Waals surface area contributed by atoms with Gasteiger partial charge in [-0.2, -0.15) is 0 Å². The first-order valence-electron chi connectivity index (χ1n) is 5.24. The zero-order chi connectivity index (χ0) is 11.1. The topological polar surface area (TPSA) is 75.6 Å². The van der Waals surface area contributed by atoms with E-state index in [1.807, 2.05) is 0 Å². The van der Waals surface area contributed by atoms with Crippen LogP contribution in [-0.4, -0.2) is 36.7 Å². The van der Waals surface area contributed by atoms with Gasteiger partial charge in [0.2, 0.25) is 5.91 Å². The number of nitrogens with one attached hydrogen (secondary N) is 1. The first kappa shape index (κ1) is 12.0. The largest absolute Gasteiger partial charge is 0.480 e. The summed E-state index contributed by atoms with van der Waals surface area (Å²) in [6.07, 6.45) is 4.86. The fraction of sp³-hybridized carbons (Fsp3) is 0.800. The van der Waals surface area contributed by atoms with Crippen molar-refractivity contribution in [1.82, 2.24) is 5.32 Å². The molecular weight excluding hydrogens is 198 g/mol. The number of carbonyl (C=O) groups excluding carboxylic acids is 1. The minimum absolute atomic E-state index is 0.170. The van der Waals surface area contributed by atoms with E-state index in [2.05, 4.69) is 10.1 Å². The van der Waals surface area contributed by atoms with Crippen molar-refractivity contribution in [1.29, 1.82) is 0 Å². The number of hydrogen-bond acceptors (Lipinski definition) is 3. The van der Waals surface area contributed by atoms with E-state index in [0.717, 1.165) is 12.3 Å². The lowest BCUT2D eigenvalue weighted by atomic mass is 9.83. The van der Waals surface area contributed by atoms with Gasteiger partial charge in [-0.3, -0.25) is 4.79 Å². The number of ether oxygens (including phenoxy) is 1. The minimum atomic E-state index is -1.06. The smallest absolute Gasteiger partial charge is 0.329 e. The summed E-state index contributed by atoms with van der Waals surface area (Å²) in [7, 11) is 0. The molecule has 5 heteroatoms. The number of aliphatic carboxylic acids is 1.